The van der Waals surface area contributed by atoms with Gasteiger partial charge >= 0.3 is 6.09 Å². The van der Waals surface area contributed by atoms with Crippen molar-refractivity contribution in [2.75, 3.05) is 12.3 Å². The molecule has 1 aliphatic carbocycles. The third-order valence-electron chi connectivity index (χ3n) is 6.37. The Labute approximate surface area is 216 Å². The summed E-state index contributed by atoms with van der Waals surface area (Å²) in [6.07, 6.45) is 5.26. The van der Waals surface area contributed by atoms with Gasteiger partial charge in [-0.05, 0) is 70.6 Å². The molecular formula is C27H43N3O4S. The minimum atomic E-state index is -0.921. The molecule has 2 unspecified atom stereocenters. The van der Waals surface area contributed by atoms with Crippen molar-refractivity contribution in [1.82, 2.24) is 15.5 Å². The molecule has 1 fully saturated rings. The lowest BCUT2D eigenvalue weighted by Crippen LogP contribution is -2.54. The quantitative estimate of drug-likeness (QED) is 0.419. The van der Waals surface area contributed by atoms with Crippen LogP contribution in [-0.4, -0.2) is 52.8 Å². The molecule has 3 amide bonds. The van der Waals surface area contributed by atoms with Gasteiger partial charge in [0.15, 0.2) is 0 Å². The highest BCUT2D eigenvalue weighted by Crippen LogP contribution is 2.29. The summed E-state index contributed by atoms with van der Waals surface area (Å²) in [5.74, 6) is -0.442. The molecule has 8 heteroatoms. The third-order valence-corrected chi connectivity index (χ3v) is 6.74. The van der Waals surface area contributed by atoms with Crippen molar-refractivity contribution < 1.29 is 19.1 Å². The monoisotopic (exact) mass is 505 g/mol. The van der Waals surface area contributed by atoms with Crippen molar-refractivity contribution in [1.29, 1.82) is 0 Å². The van der Waals surface area contributed by atoms with Gasteiger partial charge < -0.3 is 20.3 Å². The first-order chi connectivity index (χ1) is 16.5. The Morgan fingerprint density at radius 1 is 1.14 bits per heavy atom. The fourth-order valence-corrected chi connectivity index (χ4v) is 4.74. The average Bonchev–Trinajstić information content (AvgIpc) is 2.79. The summed E-state index contributed by atoms with van der Waals surface area (Å²) in [6, 6.07) is 4.23. The maximum absolute atomic E-state index is 13.8. The molecular weight excluding hydrogens is 462 g/mol. The summed E-state index contributed by atoms with van der Waals surface area (Å²) in [4.78, 5) is 41.6. The molecule has 0 spiro atoms. The van der Waals surface area contributed by atoms with Gasteiger partial charge in [-0.25, -0.2) is 4.79 Å². The van der Waals surface area contributed by atoms with Gasteiger partial charge in [0.2, 0.25) is 11.8 Å². The predicted octanol–water partition coefficient (Wildman–Crippen LogP) is 4.86. The lowest BCUT2D eigenvalue weighted by Gasteiger charge is -2.36. The smallest absolute Gasteiger partial charge is 0.408 e. The van der Waals surface area contributed by atoms with Gasteiger partial charge in [0.25, 0.3) is 0 Å². The minimum Gasteiger partial charge on any atom is -0.444 e. The lowest BCUT2D eigenvalue weighted by molar-refractivity contribution is -0.142. The van der Waals surface area contributed by atoms with E-state index in [4.69, 9.17) is 4.74 Å². The van der Waals surface area contributed by atoms with Crippen LogP contribution in [0.3, 0.4) is 0 Å². The van der Waals surface area contributed by atoms with Crippen LogP contribution in [0.2, 0.25) is 0 Å². The maximum atomic E-state index is 13.8. The summed E-state index contributed by atoms with van der Waals surface area (Å²) >= 11 is 4.34. The molecule has 1 aliphatic rings. The van der Waals surface area contributed by atoms with Crippen LogP contribution < -0.4 is 10.6 Å². The predicted molar refractivity (Wildman–Crippen MR) is 143 cm³/mol. The Bertz CT molecular complexity index is 878. The van der Waals surface area contributed by atoms with E-state index in [-0.39, 0.29) is 23.6 Å². The Morgan fingerprint density at radius 2 is 1.80 bits per heavy atom. The van der Waals surface area contributed by atoms with Crippen LogP contribution in [0.5, 0.6) is 0 Å². The molecule has 2 N–H and O–H groups in total. The summed E-state index contributed by atoms with van der Waals surface area (Å²) in [7, 11) is 0. The molecule has 0 bridgehead atoms. The van der Waals surface area contributed by atoms with E-state index in [9.17, 15) is 14.4 Å². The fraction of sp³-hybridized carbons (Fsp3) is 0.667. The summed E-state index contributed by atoms with van der Waals surface area (Å²) in [6.45, 7) is 11.6. The fourth-order valence-electron chi connectivity index (χ4n) is 4.49. The van der Waals surface area contributed by atoms with E-state index in [0.29, 0.717) is 13.0 Å². The molecule has 1 aromatic carbocycles. The van der Waals surface area contributed by atoms with E-state index in [1.807, 2.05) is 39.0 Å². The zero-order chi connectivity index (χ0) is 26.2. The molecule has 2 rings (SSSR count). The Morgan fingerprint density at radius 3 is 2.37 bits per heavy atom. The van der Waals surface area contributed by atoms with E-state index in [1.165, 1.54) is 6.42 Å². The largest absolute Gasteiger partial charge is 0.444 e. The molecule has 0 saturated heterocycles. The maximum Gasteiger partial charge on any atom is 0.408 e. The van der Waals surface area contributed by atoms with E-state index in [1.54, 1.807) is 25.7 Å². The molecule has 0 heterocycles. The molecule has 35 heavy (non-hydrogen) atoms. The van der Waals surface area contributed by atoms with Gasteiger partial charge in [-0.15, -0.1) is 0 Å². The van der Waals surface area contributed by atoms with Crippen molar-refractivity contribution in [3.05, 3.63) is 34.9 Å². The number of aryl methyl sites for hydroxylation is 1. The molecule has 1 saturated carbocycles. The number of hydrogen-bond donors (Lipinski definition) is 3. The van der Waals surface area contributed by atoms with Crippen LogP contribution >= 0.6 is 12.6 Å². The van der Waals surface area contributed by atoms with Gasteiger partial charge in [0, 0.05) is 18.3 Å². The van der Waals surface area contributed by atoms with Crippen LogP contribution in [0.4, 0.5) is 4.79 Å². The molecule has 196 valence electrons. The van der Waals surface area contributed by atoms with E-state index in [0.717, 1.165) is 42.4 Å². The number of thiol groups is 1. The van der Waals surface area contributed by atoms with Crippen molar-refractivity contribution in [3.63, 3.8) is 0 Å². The van der Waals surface area contributed by atoms with Crippen molar-refractivity contribution in [2.45, 2.75) is 104 Å². The molecule has 0 aromatic heterocycles. The first-order valence-electron chi connectivity index (χ1n) is 12.8. The number of hydrogen-bond acceptors (Lipinski definition) is 5. The number of carbonyl (C=O) groups is 3. The molecule has 0 radical (unpaired) electrons. The van der Waals surface area contributed by atoms with Crippen LogP contribution in [0, 0.1) is 13.8 Å². The van der Waals surface area contributed by atoms with Crippen LogP contribution in [0.25, 0.3) is 0 Å². The third kappa shape index (κ3) is 8.44. The first-order valence-corrected chi connectivity index (χ1v) is 13.4. The van der Waals surface area contributed by atoms with E-state index in [2.05, 4.69) is 23.3 Å². The van der Waals surface area contributed by atoms with E-state index < -0.39 is 23.8 Å². The number of alkyl carbamates (subject to hydrolysis) is 1. The highest BCUT2D eigenvalue weighted by molar-refractivity contribution is 7.80. The summed E-state index contributed by atoms with van der Waals surface area (Å²) in [5, 5.41) is 5.88. The second-order valence-corrected chi connectivity index (χ2v) is 10.8. The number of nitrogens with zero attached hydrogens (tertiary/aromatic N) is 1. The van der Waals surface area contributed by atoms with Gasteiger partial charge in [-0.1, -0.05) is 44.4 Å². The number of benzene rings is 1. The Hall–Kier alpha value is -2.22. The zero-order valence-corrected chi connectivity index (χ0v) is 23.0. The number of nitrogens with one attached hydrogen (secondary N) is 2. The highest BCUT2D eigenvalue weighted by Gasteiger charge is 2.37. The van der Waals surface area contributed by atoms with Gasteiger partial charge in [0.1, 0.15) is 17.7 Å². The van der Waals surface area contributed by atoms with E-state index >= 15 is 0 Å². The molecule has 2 atom stereocenters. The van der Waals surface area contributed by atoms with Crippen molar-refractivity contribution in [3.8, 4) is 0 Å². The van der Waals surface area contributed by atoms with Crippen molar-refractivity contribution >= 4 is 30.5 Å². The number of rotatable bonds is 9. The Kier molecular flexibility index (Phi) is 10.9. The van der Waals surface area contributed by atoms with Gasteiger partial charge in [-0.2, -0.15) is 12.6 Å². The minimum absolute atomic E-state index is 0.0854. The standard InChI is InChI=1S/C27H43N3O4S/c1-7-16-30(25(32)22(17-35)29-26(33)34-27(4,5)6)23(21-15-11-12-18(2)19(21)3)24(31)28-20-13-9-8-10-14-20/h11-12,15,20,22-23,35H,7-10,13-14,16-17H2,1-6H3,(H,28,31)(H,29,33). The van der Waals surface area contributed by atoms with Gasteiger partial charge in [-0.3, -0.25) is 9.59 Å². The molecule has 0 aliphatic heterocycles. The SMILES string of the molecule is CCCN(C(=O)C(CS)NC(=O)OC(C)(C)C)C(C(=O)NC1CCCCC1)c1cccc(C)c1C. The van der Waals surface area contributed by atoms with Crippen LogP contribution in [0.1, 0.15) is 89.0 Å². The first kappa shape index (κ1) is 29.0. The number of amides is 3. The normalized spacial score (nSPS) is 16.2. The number of ether oxygens (including phenoxy) is 1. The van der Waals surface area contributed by atoms with Crippen LogP contribution in [-0.2, 0) is 14.3 Å². The molecule has 1 aromatic rings. The van der Waals surface area contributed by atoms with Crippen LogP contribution in [0.15, 0.2) is 18.2 Å². The number of carbonyl (C=O) groups excluding carboxylic acids is 3. The highest BCUT2D eigenvalue weighted by atomic mass is 32.1. The van der Waals surface area contributed by atoms with Gasteiger partial charge in [0.05, 0.1) is 0 Å². The lowest BCUT2D eigenvalue weighted by atomic mass is 9.92. The second kappa shape index (κ2) is 13.2. The summed E-state index contributed by atoms with van der Waals surface area (Å²) < 4.78 is 5.35. The van der Waals surface area contributed by atoms with Crippen molar-refractivity contribution in [2.24, 2.45) is 0 Å². The average molecular weight is 506 g/mol. The topological polar surface area (TPSA) is 87.7 Å². The second-order valence-electron chi connectivity index (χ2n) is 10.4. The molecule has 7 nitrogen and oxygen atoms in total. The zero-order valence-electron chi connectivity index (χ0n) is 22.1. The summed E-state index contributed by atoms with van der Waals surface area (Å²) in [5.41, 5.74) is 2.14. The Balaban J connectivity index is 2.41.